The van der Waals surface area contributed by atoms with E-state index in [0.29, 0.717) is 36.6 Å². The average Bonchev–Trinajstić information content (AvgIpc) is 2.85. The second kappa shape index (κ2) is 6.85. The van der Waals surface area contributed by atoms with Crippen molar-refractivity contribution in [3.8, 4) is 0 Å². The number of imide groups is 1. The minimum Gasteiger partial charge on any atom is -0.481 e. The molecule has 0 aromatic heterocycles. The summed E-state index contributed by atoms with van der Waals surface area (Å²) in [5, 5.41) is 11.0. The first-order chi connectivity index (χ1) is 13.3. The van der Waals surface area contributed by atoms with Crippen molar-refractivity contribution in [2.75, 3.05) is 18.0 Å². The number of aliphatic carboxylic acids is 1. The van der Waals surface area contributed by atoms with Crippen molar-refractivity contribution >= 4 is 35.0 Å². The lowest BCUT2D eigenvalue weighted by Gasteiger charge is -2.41. The number of benzene rings is 1. The fourth-order valence-electron chi connectivity index (χ4n) is 4.29. The third-order valence-electron chi connectivity index (χ3n) is 5.87. The van der Waals surface area contributed by atoms with Crippen LogP contribution in [0.25, 0.3) is 0 Å². The summed E-state index contributed by atoms with van der Waals surface area (Å²) in [4.78, 5) is 61.8. The number of amides is 2. The Morgan fingerprint density at radius 1 is 1.11 bits per heavy atom. The Bertz CT molecular complexity index is 902. The molecule has 2 fully saturated rings. The number of carbonyl (C=O) groups is 5. The smallest absolute Gasteiger partial charge is 0.303 e. The molecule has 2 heterocycles. The molecule has 0 saturated carbocycles. The van der Waals surface area contributed by atoms with Gasteiger partial charge in [0.25, 0.3) is 0 Å². The SMILES string of the molecule is O=C(O)CCC1CN(c2ccc3c(c2)C(=O)C(C2CCC(=O)NC2=O)C3=O)C1. The van der Waals surface area contributed by atoms with E-state index in [2.05, 4.69) is 5.32 Å². The topological polar surface area (TPSA) is 121 Å². The highest BCUT2D eigenvalue weighted by atomic mass is 16.4. The number of anilines is 1. The monoisotopic (exact) mass is 384 g/mol. The van der Waals surface area contributed by atoms with E-state index in [9.17, 15) is 24.0 Å². The van der Waals surface area contributed by atoms with Crippen molar-refractivity contribution in [2.24, 2.45) is 17.8 Å². The molecule has 2 atom stereocenters. The number of hydrogen-bond donors (Lipinski definition) is 2. The maximum atomic E-state index is 12.9. The Morgan fingerprint density at radius 3 is 2.50 bits per heavy atom. The maximum absolute atomic E-state index is 12.9. The van der Waals surface area contributed by atoms with Crippen molar-refractivity contribution in [1.82, 2.24) is 5.32 Å². The summed E-state index contributed by atoms with van der Waals surface area (Å²) < 4.78 is 0. The van der Waals surface area contributed by atoms with Gasteiger partial charge in [0.2, 0.25) is 11.8 Å². The Kier molecular flexibility index (Phi) is 4.49. The number of carboxylic acids is 1. The molecule has 2 aliphatic heterocycles. The van der Waals surface area contributed by atoms with Crippen LogP contribution in [0, 0.1) is 17.8 Å². The maximum Gasteiger partial charge on any atom is 0.303 e. The highest BCUT2D eigenvalue weighted by molar-refractivity contribution is 6.28. The number of carboxylic acid groups (broad SMARTS) is 1. The van der Waals surface area contributed by atoms with Crippen LogP contribution in [-0.4, -0.2) is 47.5 Å². The van der Waals surface area contributed by atoms with Gasteiger partial charge in [-0.05, 0) is 37.0 Å². The summed E-state index contributed by atoms with van der Waals surface area (Å²) in [5.74, 6) is -4.02. The van der Waals surface area contributed by atoms with Gasteiger partial charge in [-0.15, -0.1) is 0 Å². The van der Waals surface area contributed by atoms with Crippen LogP contribution in [0.3, 0.4) is 0 Å². The van der Waals surface area contributed by atoms with Crippen LogP contribution in [0.2, 0.25) is 0 Å². The predicted molar refractivity (Wildman–Crippen MR) is 97.0 cm³/mol. The number of nitrogens with zero attached hydrogens (tertiary/aromatic N) is 1. The van der Waals surface area contributed by atoms with E-state index in [1.54, 1.807) is 18.2 Å². The molecule has 8 nitrogen and oxygen atoms in total. The normalized spacial score (nSPS) is 24.8. The quantitative estimate of drug-likeness (QED) is 0.575. The Morgan fingerprint density at radius 2 is 1.82 bits per heavy atom. The molecule has 0 spiro atoms. The van der Waals surface area contributed by atoms with Crippen LogP contribution in [0.4, 0.5) is 5.69 Å². The van der Waals surface area contributed by atoms with Crippen molar-refractivity contribution < 1.29 is 29.1 Å². The number of fused-ring (bicyclic) bond motifs is 1. The summed E-state index contributed by atoms with van der Waals surface area (Å²) in [6.45, 7) is 1.43. The van der Waals surface area contributed by atoms with Gasteiger partial charge in [-0.25, -0.2) is 0 Å². The minimum absolute atomic E-state index is 0.126. The largest absolute Gasteiger partial charge is 0.481 e. The van der Waals surface area contributed by atoms with E-state index in [0.717, 1.165) is 5.69 Å². The first-order valence-corrected chi connectivity index (χ1v) is 9.38. The molecule has 2 N–H and O–H groups in total. The number of piperidine rings is 1. The molecule has 2 amide bonds. The molecule has 1 aromatic carbocycles. The lowest BCUT2D eigenvalue weighted by molar-refractivity contribution is -0.138. The molecule has 0 radical (unpaired) electrons. The fourth-order valence-corrected chi connectivity index (χ4v) is 4.29. The summed E-state index contributed by atoms with van der Waals surface area (Å²) in [5.41, 5.74) is 1.47. The molecule has 1 aliphatic carbocycles. The van der Waals surface area contributed by atoms with Crippen molar-refractivity contribution in [1.29, 1.82) is 0 Å². The molecule has 0 bridgehead atoms. The lowest BCUT2D eigenvalue weighted by Crippen LogP contribution is -2.47. The third kappa shape index (κ3) is 3.08. The summed E-state index contributed by atoms with van der Waals surface area (Å²) >= 11 is 0. The zero-order chi connectivity index (χ0) is 20.0. The standard InChI is InChI=1S/C20H20N2O6/c23-15-5-4-13(20(28)21-15)17-18(26)12-3-2-11(7-14(12)19(17)27)22-8-10(9-22)1-6-16(24)25/h2-3,7,10,13,17H,1,4-6,8-9H2,(H,24,25)(H,21,23,28). The second-order valence-corrected chi connectivity index (χ2v) is 7.70. The molecule has 28 heavy (non-hydrogen) atoms. The van der Waals surface area contributed by atoms with Crippen LogP contribution >= 0.6 is 0 Å². The molecule has 4 rings (SSSR count). The second-order valence-electron chi connectivity index (χ2n) is 7.70. The van der Waals surface area contributed by atoms with Gasteiger partial charge in [0.05, 0.1) is 11.8 Å². The summed E-state index contributed by atoms with van der Waals surface area (Å²) in [7, 11) is 0. The first-order valence-electron chi connectivity index (χ1n) is 9.38. The Hall–Kier alpha value is -3.03. The van der Waals surface area contributed by atoms with Crippen LogP contribution < -0.4 is 10.2 Å². The van der Waals surface area contributed by atoms with Gasteiger partial charge in [-0.1, -0.05) is 0 Å². The van der Waals surface area contributed by atoms with E-state index in [1.807, 2.05) is 4.90 Å². The Balaban J connectivity index is 1.48. The number of nitrogens with one attached hydrogen (secondary N) is 1. The fraction of sp³-hybridized carbons (Fsp3) is 0.450. The lowest BCUT2D eigenvalue weighted by atomic mass is 9.82. The van der Waals surface area contributed by atoms with Crippen LogP contribution in [0.5, 0.6) is 0 Å². The molecule has 1 aromatic rings. The van der Waals surface area contributed by atoms with Crippen molar-refractivity contribution in [2.45, 2.75) is 25.7 Å². The van der Waals surface area contributed by atoms with Crippen LogP contribution in [0.1, 0.15) is 46.4 Å². The van der Waals surface area contributed by atoms with Crippen molar-refractivity contribution in [3.63, 3.8) is 0 Å². The molecule has 8 heteroatoms. The highest BCUT2D eigenvalue weighted by Crippen LogP contribution is 2.38. The van der Waals surface area contributed by atoms with Gasteiger partial charge < -0.3 is 10.0 Å². The zero-order valence-corrected chi connectivity index (χ0v) is 15.1. The van der Waals surface area contributed by atoms with E-state index in [1.165, 1.54) is 0 Å². The van der Waals surface area contributed by atoms with E-state index in [-0.39, 0.29) is 36.7 Å². The third-order valence-corrected chi connectivity index (χ3v) is 5.87. The van der Waals surface area contributed by atoms with Gasteiger partial charge in [0.1, 0.15) is 0 Å². The van der Waals surface area contributed by atoms with Gasteiger partial charge in [-0.2, -0.15) is 0 Å². The molecule has 2 unspecified atom stereocenters. The number of ketones is 2. The van der Waals surface area contributed by atoms with E-state index < -0.39 is 23.7 Å². The summed E-state index contributed by atoms with van der Waals surface area (Å²) in [6, 6.07) is 5.10. The minimum atomic E-state index is -1.06. The number of Topliss-reactive ketones (excluding diaryl/α,β-unsaturated/α-hetero) is 2. The average molecular weight is 384 g/mol. The molecular formula is C20H20N2O6. The molecule has 3 aliphatic rings. The van der Waals surface area contributed by atoms with E-state index >= 15 is 0 Å². The van der Waals surface area contributed by atoms with Gasteiger partial charge in [0.15, 0.2) is 11.6 Å². The van der Waals surface area contributed by atoms with Crippen LogP contribution in [0.15, 0.2) is 18.2 Å². The zero-order valence-electron chi connectivity index (χ0n) is 15.1. The number of carbonyl (C=O) groups excluding carboxylic acids is 4. The van der Waals surface area contributed by atoms with Gasteiger partial charge in [0, 0.05) is 42.7 Å². The molecule has 146 valence electrons. The summed E-state index contributed by atoms with van der Waals surface area (Å²) in [6.07, 6.45) is 1.08. The molecule has 2 saturated heterocycles. The number of rotatable bonds is 5. The predicted octanol–water partition coefficient (Wildman–Crippen LogP) is 1.04. The van der Waals surface area contributed by atoms with Crippen molar-refractivity contribution in [3.05, 3.63) is 29.3 Å². The van der Waals surface area contributed by atoms with E-state index in [4.69, 9.17) is 5.11 Å². The molecular weight excluding hydrogens is 364 g/mol. The first kappa shape index (κ1) is 18.3. The van der Waals surface area contributed by atoms with Gasteiger partial charge in [-0.3, -0.25) is 29.3 Å². The Labute approximate surface area is 160 Å². The number of hydrogen-bond acceptors (Lipinski definition) is 6. The van der Waals surface area contributed by atoms with Gasteiger partial charge >= 0.3 is 5.97 Å². The van der Waals surface area contributed by atoms with Crippen LogP contribution in [-0.2, 0) is 14.4 Å². The highest BCUT2D eigenvalue weighted by Gasteiger charge is 2.47.